The van der Waals surface area contributed by atoms with Crippen LogP contribution in [0.15, 0.2) is 30.3 Å². The molecule has 0 radical (unpaired) electrons. The number of nitrogens with zero attached hydrogens (tertiary/aromatic N) is 1. The maximum Gasteiger partial charge on any atom is 0.262 e. The van der Waals surface area contributed by atoms with Crippen molar-refractivity contribution in [1.29, 1.82) is 0 Å². The molecule has 2 aromatic carbocycles. The molecule has 0 aliphatic rings. The Kier molecular flexibility index (Phi) is 4.59. The smallest absolute Gasteiger partial charge is 0.262 e. The topological polar surface area (TPSA) is 77.2 Å². The van der Waals surface area contributed by atoms with Crippen LogP contribution in [0.25, 0.3) is 10.2 Å². The first-order chi connectivity index (χ1) is 11.4. The van der Waals surface area contributed by atoms with E-state index in [0.717, 1.165) is 15.8 Å². The highest BCUT2D eigenvalue weighted by atomic mass is 35.5. The van der Waals surface area contributed by atoms with Crippen LogP contribution in [0.5, 0.6) is 5.75 Å². The Morgan fingerprint density at radius 3 is 2.92 bits per heavy atom. The second-order valence-electron chi connectivity index (χ2n) is 5.46. The number of rotatable bonds is 4. The summed E-state index contributed by atoms with van der Waals surface area (Å²) in [4.78, 5) is 16.3. The molecule has 124 valence electrons. The second-order valence-corrected chi connectivity index (χ2v) is 6.93. The third-order valence-corrected chi connectivity index (χ3v) is 4.57. The average molecular weight is 362 g/mol. The predicted molar refractivity (Wildman–Crippen MR) is 99.1 cm³/mol. The number of amides is 1. The molecule has 0 spiro atoms. The third-order valence-electron chi connectivity index (χ3n) is 3.45. The van der Waals surface area contributed by atoms with Crippen LogP contribution in [0.2, 0.25) is 5.02 Å². The van der Waals surface area contributed by atoms with Gasteiger partial charge in [-0.25, -0.2) is 4.98 Å². The van der Waals surface area contributed by atoms with Gasteiger partial charge in [0, 0.05) is 5.69 Å². The lowest BCUT2D eigenvalue weighted by molar-refractivity contribution is -0.118. The zero-order chi connectivity index (χ0) is 17.3. The molecule has 3 rings (SSSR count). The van der Waals surface area contributed by atoms with Gasteiger partial charge >= 0.3 is 0 Å². The zero-order valence-electron chi connectivity index (χ0n) is 13.2. The largest absolute Gasteiger partial charge is 0.483 e. The minimum absolute atomic E-state index is 0.0786. The molecule has 3 N–H and O–H groups in total. The van der Waals surface area contributed by atoms with E-state index in [4.69, 9.17) is 22.1 Å². The Bertz CT molecular complexity index is 924. The molecule has 0 atom stereocenters. The first-order valence-corrected chi connectivity index (χ1v) is 8.47. The van der Waals surface area contributed by atoms with Crippen LogP contribution in [0, 0.1) is 13.8 Å². The third kappa shape index (κ3) is 3.60. The Labute approximate surface area is 148 Å². The summed E-state index contributed by atoms with van der Waals surface area (Å²) in [6.07, 6.45) is 0. The molecule has 1 amide bonds. The molecule has 0 saturated carbocycles. The summed E-state index contributed by atoms with van der Waals surface area (Å²) in [6.45, 7) is 3.84. The Morgan fingerprint density at radius 1 is 1.33 bits per heavy atom. The maximum atomic E-state index is 12.1. The number of nitrogens with one attached hydrogen (secondary N) is 1. The van der Waals surface area contributed by atoms with E-state index in [2.05, 4.69) is 10.3 Å². The lowest BCUT2D eigenvalue weighted by Gasteiger charge is -2.10. The first-order valence-electron chi connectivity index (χ1n) is 7.28. The number of carbonyl (C=O) groups is 1. The fourth-order valence-corrected chi connectivity index (χ4v) is 3.40. The molecule has 0 bridgehead atoms. The number of nitrogens with two attached hydrogens (primary N) is 1. The van der Waals surface area contributed by atoms with Crippen LogP contribution < -0.4 is 15.8 Å². The number of anilines is 2. The number of aromatic nitrogens is 1. The van der Waals surface area contributed by atoms with Gasteiger partial charge in [-0.3, -0.25) is 4.79 Å². The van der Waals surface area contributed by atoms with Gasteiger partial charge < -0.3 is 15.8 Å². The molecule has 0 unspecified atom stereocenters. The van der Waals surface area contributed by atoms with Crippen LogP contribution in [0.3, 0.4) is 0 Å². The van der Waals surface area contributed by atoms with Crippen molar-refractivity contribution < 1.29 is 9.53 Å². The van der Waals surface area contributed by atoms with Crippen LogP contribution in [0.4, 0.5) is 10.8 Å². The molecule has 0 fully saturated rings. The number of carbonyl (C=O) groups excluding carboxylic acids is 1. The van der Waals surface area contributed by atoms with Crippen molar-refractivity contribution in [3.63, 3.8) is 0 Å². The lowest BCUT2D eigenvalue weighted by Crippen LogP contribution is -2.20. The SMILES string of the molecule is Cc1ccc(C)c(OCC(=O)Nc2cc(Cl)c3nc(N)sc3c2)c1. The van der Waals surface area contributed by atoms with Gasteiger partial charge in [-0.1, -0.05) is 35.1 Å². The number of halogens is 1. The van der Waals surface area contributed by atoms with E-state index in [1.807, 2.05) is 32.0 Å². The van der Waals surface area contributed by atoms with Crippen LogP contribution in [-0.4, -0.2) is 17.5 Å². The molecule has 7 heteroatoms. The molecule has 5 nitrogen and oxygen atoms in total. The fraction of sp³-hybridized carbons (Fsp3) is 0.176. The van der Waals surface area contributed by atoms with E-state index in [1.165, 1.54) is 11.3 Å². The maximum absolute atomic E-state index is 12.1. The van der Waals surface area contributed by atoms with Crippen molar-refractivity contribution in [2.45, 2.75) is 13.8 Å². The molecule has 1 heterocycles. The summed E-state index contributed by atoms with van der Waals surface area (Å²) < 4.78 is 6.42. The molecule has 3 aromatic rings. The first kappa shape index (κ1) is 16.5. The van der Waals surface area contributed by atoms with E-state index < -0.39 is 0 Å². The van der Waals surface area contributed by atoms with Gasteiger partial charge in [-0.05, 0) is 43.2 Å². The average Bonchev–Trinajstić information content (AvgIpc) is 2.89. The summed E-state index contributed by atoms with van der Waals surface area (Å²) >= 11 is 7.50. The number of nitrogen functional groups attached to an aromatic ring is 1. The monoisotopic (exact) mass is 361 g/mol. The van der Waals surface area contributed by atoms with Crippen molar-refractivity contribution in [1.82, 2.24) is 4.98 Å². The Balaban J connectivity index is 1.69. The van der Waals surface area contributed by atoms with Crippen molar-refractivity contribution in [2.75, 3.05) is 17.7 Å². The molecular weight excluding hydrogens is 346 g/mol. The van der Waals surface area contributed by atoms with Crippen LogP contribution >= 0.6 is 22.9 Å². The number of fused-ring (bicyclic) bond motifs is 1. The predicted octanol–water partition coefficient (Wildman–Crippen LogP) is 4.17. The van der Waals surface area contributed by atoms with Gasteiger partial charge in [0.15, 0.2) is 11.7 Å². The van der Waals surface area contributed by atoms with E-state index >= 15 is 0 Å². The highest BCUT2D eigenvalue weighted by Gasteiger charge is 2.11. The van der Waals surface area contributed by atoms with E-state index in [9.17, 15) is 4.79 Å². The minimum Gasteiger partial charge on any atom is -0.483 e. The summed E-state index contributed by atoms with van der Waals surface area (Å²) in [6, 6.07) is 9.32. The van der Waals surface area contributed by atoms with E-state index in [0.29, 0.717) is 27.1 Å². The molecule has 0 saturated heterocycles. The van der Waals surface area contributed by atoms with E-state index in [1.54, 1.807) is 12.1 Å². The quantitative estimate of drug-likeness (QED) is 0.731. The highest BCUT2D eigenvalue weighted by molar-refractivity contribution is 7.22. The van der Waals surface area contributed by atoms with Crippen molar-refractivity contribution >= 4 is 49.9 Å². The number of hydrogen-bond acceptors (Lipinski definition) is 5. The summed E-state index contributed by atoms with van der Waals surface area (Å²) in [7, 11) is 0. The van der Waals surface area contributed by atoms with E-state index in [-0.39, 0.29) is 12.5 Å². The van der Waals surface area contributed by atoms with Gasteiger partial charge in [0.05, 0.1) is 9.72 Å². The van der Waals surface area contributed by atoms with Crippen molar-refractivity contribution in [2.24, 2.45) is 0 Å². The molecule has 24 heavy (non-hydrogen) atoms. The lowest BCUT2D eigenvalue weighted by atomic mass is 10.1. The molecule has 1 aromatic heterocycles. The fourth-order valence-electron chi connectivity index (χ4n) is 2.28. The highest BCUT2D eigenvalue weighted by Crippen LogP contribution is 2.32. The van der Waals surface area contributed by atoms with Crippen molar-refractivity contribution in [3.05, 3.63) is 46.5 Å². The normalized spacial score (nSPS) is 10.8. The number of ether oxygens (including phenoxy) is 1. The molecule has 0 aliphatic heterocycles. The van der Waals surface area contributed by atoms with Crippen molar-refractivity contribution in [3.8, 4) is 5.75 Å². The minimum atomic E-state index is -0.260. The van der Waals surface area contributed by atoms with Gasteiger partial charge in [-0.2, -0.15) is 0 Å². The number of thiazole rings is 1. The Morgan fingerprint density at radius 2 is 2.12 bits per heavy atom. The van der Waals surface area contributed by atoms with Crippen LogP contribution in [-0.2, 0) is 4.79 Å². The number of benzene rings is 2. The van der Waals surface area contributed by atoms with Gasteiger partial charge in [0.25, 0.3) is 5.91 Å². The standard InChI is InChI=1S/C17H16ClN3O2S/c1-9-3-4-10(2)13(5-9)23-8-15(22)20-11-6-12(18)16-14(7-11)24-17(19)21-16/h3-7H,8H2,1-2H3,(H2,19,21)(H,20,22). The van der Waals surface area contributed by atoms with Gasteiger partial charge in [-0.15, -0.1) is 0 Å². The number of aryl methyl sites for hydroxylation is 2. The zero-order valence-corrected chi connectivity index (χ0v) is 14.8. The summed E-state index contributed by atoms with van der Waals surface area (Å²) in [5.41, 5.74) is 8.99. The summed E-state index contributed by atoms with van der Waals surface area (Å²) in [5.74, 6) is 0.442. The van der Waals surface area contributed by atoms with Crippen LogP contribution in [0.1, 0.15) is 11.1 Å². The van der Waals surface area contributed by atoms with Gasteiger partial charge in [0.1, 0.15) is 11.3 Å². The molecule has 0 aliphatic carbocycles. The Hall–Kier alpha value is -2.31. The summed E-state index contributed by atoms with van der Waals surface area (Å²) in [5, 5.41) is 3.67. The number of hydrogen-bond donors (Lipinski definition) is 2. The molecular formula is C17H16ClN3O2S. The second kappa shape index (κ2) is 6.67. The van der Waals surface area contributed by atoms with Gasteiger partial charge in [0.2, 0.25) is 0 Å².